The summed E-state index contributed by atoms with van der Waals surface area (Å²) < 4.78 is 5.40. The molecule has 0 aliphatic carbocycles. The number of likely N-dealkylation sites (tertiary alicyclic amines) is 2. The van der Waals surface area contributed by atoms with Gasteiger partial charge in [-0.1, -0.05) is 12.8 Å². The summed E-state index contributed by atoms with van der Waals surface area (Å²) in [5.74, 6) is 0.480. The Balaban J connectivity index is 1.19. The van der Waals surface area contributed by atoms with E-state index in [1.54, 1.807) is 0 Å². The second kappa shape index (κ2) is 11.0. The summed E-state index contributed by atoms with van der Waals surface area (Å²) in [5.41, 5.74) is 1.99. The van der Waals surface area contributed by atoms with E-state index >= 15 is 0 Å². The van der Waals surface area contributed by atoms with E-state index in [4.69, 9.17) is 4.74 Å². The average molecular weight is 429 g/mol. The van der Waals surface area contributed by atoms with Gasteiger partial charge in [0, 0.05) is 43.5 Å². The standard InChI is InChI=1S/C24H36N4O3/c29-23(25-21-5-7-22(8-6-21)27-15-17-31-18-16-27)19-26-13-9-20(10-14-26)24(30)28-11-3-1-2-4-12-28/h5-8,20H,1-4,9-19H2,(H,25,29). The Morgan fingerprint density at radius 2 is 1.52 bits per heavy atom. The quantitative estimate of drug-likeness (QED) is 0.781. The Bertz CT molecular complexity index is 717. The van der Waals surface area contributed by atoms with Crippen LogP contribution in [0.4, 0.5) is 11.4 Å². The van der Waals surface area contributed by atoms with Gasteiger partial charge in [0.1, 0.15) is 0 Å². The number of nitrogens with one attached hydrogen (secondary N) is 1. The molecule has 0 atom stereocenters. The summed E-state index contributed by atoms with van der Waals surface area (Å²) in [6, 6.07) is 8.05. The lowest BCUT2D eigenvalue weighted by Crippen LogP contribution is -2.44. The molecule has 0 aromatic heterocycles. The normalized spacial score (nSPS) is 21.5. The Morgan fingerprint density at radius 1 is 0.871 bits per heavy atom. The van der Waals surface area contributed by atoms with Crippen LogP contribution in [0.2, 0.25) is 0 Å². The van der Waals surface area contributed by atoms with Crippen LogP contribution in [0, 0.1) is 5.92 Å². The summed E-state index contributed by atoms with van der Waals surface area (Å²) >= 11 is 0. The van der Waals surface area contributed by atoms with Crippen LogP contribution in [0.15, 0.2) is 24.3 Å². The van der Waals surface area contributed by atoms with Crippen LogP contribution in [0.1, 0.15) is 38.5 Å². The molecule has 0 radical (unpaired) electrons. The summed E-state index contributed by atoms with van der Waals surface area (Å²) in [7, 11) is 0. The molecule has 4 rings (SSSR count). The van der Waals surface area contributed by atoms with Gasteiger partial charge in [-0.25, -0.2) is 0 Å². The zero-order valence-corrected chi connectivity index (χ0v) is 18.6. The van der Waals surface area contributed by atoms with Crippen LogP contribution in [0.3, 0.4) is 0 Å². The number of carbonyl (C=O) groups is 2. The first-order valence-electron chi connectivity index (χ1n) is 11.9. The minimum Gasteiger partial charge on any atom is -0.378 e. The molecule has 3 saturated heterocycles. The van der Waals surface area contributed by atoms with Crippen LogP contribution in [-0.2, 0) is 14.3 Å². The Morgan fingerprint density at radius 3 is 2.16 bits per heavy atom. The number of rotatable bonds is 5. The van der Waals surface area contributed by atoms with Gasteiger partial charge in [0.2, 0.25) is 11.8 Å². The predicted molar refractivity (Wildman–Crippen MR) is 122 cm³/mol. The first-order valence-corrected chi connectivity index (χ1v) is 11.9. The lowest BCUT2D eigenvalue weighted by molar-refractivity contribution is -0.137. The number of hydrogen-bond acceptors (Lipinski definition) is 5. The van der Waals surface area contributed by atoms with E-state index in [1.807, 2.05) is 12.1 Å². The summed E-state index contributed by atoms with van der Waals surface area (Å²) in [6.45, 7) is 7.19. The van der Waals surface area contributed by atoms with E-state index in [9.17, 15) is 9.59 Å². The molecule has 7 heteroatoms. The van der Waals surface area contributed by atoms with Crippen molar-refractivity contribution in [3.63, 3.8) is 0 Å². The van der Waals surface area contributed by atoms with Crippen molar-refractivity contribution in [2.45, 2.75) is 38.5 Å². The second-order valence-corrected chi connectivity index (χ2v) is 8.98. The molecule has 170 valence electrons. The molecule has 2 amide bonds. The highest BCUT2D eigenvalue weighted by atomic mass is 16.5. The maximum absolute atomic E-state index is 12.8. The fourth-order valence-corrected chi connectivity index (χ4v) is 4.87. The molecule has 0 unspecified atom stereocenters. The van der Waals surface area contributed by atoms with Gasteiger partial charge in [-0.3, -0.25) is 14.5 Å². The first-order chi connectivity index (χ1) is 15.2. The van der Waals surface area contributed by atoms with Crippen LogP contribution < -0.4 is 10.2 Å². The molecule has 3 heterocycles. The second-order valence-electron chi connectivity index (χ2n) is 8.98. The smallest absolute Gasteiger partial charge is 0.238 e. The Kier molecular flexibility index (Phi) is 7.81. The largest absolute Gasteiger partial charge is 0.378 e. The Labute approximate surface area is 185 Å². The molecule has 1 N–H and O–H groups in total. The van der Waals surface area contributed by atoms with Crippen molar-refractivity contribution in [2.75, 3.05) is 69.2 Å². The fraction of sp³-hybridized carbons (Fsp3) is 0.667. The van der Waals surface area contributed by atoms with Crippen LogP contribution in [0.5, 0.6) is 0 Å². The van der Waals surface area contributed by atoms with Gasteiger partial charge in [-0.2, -0.15) is 0 Å². The molecule has 31 heavy (non-hydrogen) atoms. The number of hydrogen-bond donors (Lipinski definition) is 1. The van der Waals surface area contributed by atoms with Gasteiger partial charge < -0.3 is 19.9 Å². The molecule has 3 aliphatic heterocycles. The summed E-state index contributed by atoms with van der Waals surface area (Å²) in [5, 5.41) is 3.01. The molecule has 0 spiro atoms. The van der Waals surface area contributed by atoms with E-state index in [-0.39, 0.29) is 11.8 Å². The van der Waals surface area contributed by atoms with Crippen molar-refractivity contribution < 1.29 is 14.3 Å². The SMILES string of the molecule is O=C(CN1CCC(C(=O)N2CCCCCC2)CC1)Nc1ccc(N2CCOCC2)cc1. The highest BCUT2D eigenvalue weighted by Gasteiger charge is 2.29. The van der Waals surface area contributed by atoms with E-state index in [0.717, 1.165) is 89.5 Å². The van der Waals surface area contributed by atoms with Crippen molar-refractivity contribution in [3.05, 3.63) is 24.3 Å². The first kappa shape index (κ1) is 22.1. The number of morpholine rings is 1. The van der Waals surface area contributed by atoms with Gasteiger partial charge >= 0.3 is 0 Å². The van der Waals surface area contributed by atoms with Gasteiger partial charge in [0.05, 0.1) is 19.8 Å². The molecule has 1 aromatic rings. The van der Waals surface area contributed by atoms with E-state index < -0.39 is 0 Å². The average Bonchev–Trinajstić information content (AvgIpc) is 3.10. The van der Waals surface area contributed by atoms with Crippen molar-refractivity contribution in [1.82, 2.24) is 9.80 Å². The van der Waals surface area contributed by atoms with Crippen LogP contribution in [0.25, 0.3) is 0 Å². The summed E-state index contributed by atoms with van der Waals surface area (Å²) in [4.78, 5) is 31.9. The van der Waals surface area contributed by atoms with Crippen molar-refractivity contribution in [3.8, 4) is 0 Å². The fourth-order valence-electron chi connectivity index (χ4n) is 4.87. The van der Waals surface area contributed by atoms with Gasteiger partial charge in [0.15, 0.2) is 0 Å². The minimum absolute atomic E-state index is 0.0106. The zero-order chi connectivity index (χ0) is 21.5. The monoisotopic (exact) mass is 428 g/mol. The number of nitrogens with zero attached hydrogens (tertiary/aromatic N) is 3. The maximum Gasteiger partial charge on any atom is 0.238 e. The number of carbonyl (C=O) groups excluding carboxylic acids is 2. The molecule has 3 aliphatic rings. The van der Waals surface area contributed by atoms with Gasteiger partial charge in [-0.05, 0) is 63.0 Å². The van der Waals surface area contributed by atoms with Crippen molar-refractivity contribution >= 4 is 23.2 Å². The maximum atomic E-state index is 12.8. The van der Waals surface area contributed by atoms with Crippen molar-refractivity contribution in [2.24, 2.45) is 5.92 Å². The number of amides is 2. The van der Waals surface area contributed by atoms with E-state index in [0.29, 0.717) is 12.5 Å². The molecule has 0 saturated carbocycles. The lowest BCUT2D eigenvalue weighted by Gasteiger charge is -2.33. The third kappa shape index (κ3) is 6.20. The zero-order valence-electron chi connectivity index (χ0n) is 18.6. The molecular weight excluding hydrogens is 392 g/mol. The summed E-state index contributed by atoms with van der Waals surface area (Å²) in [6.07, 6.45) is 6.48. The van der Waals surface area contributed by atoms with Crippen molar-refractivity contribution in [1.29, 1.82) is 0 Å². The molecular formula is C24H36N4O3. The van der Waals surface area contributed by atoms with E-state index in [2.05, 4.69) is 32.1 Å². The Hall–Kier alpha value is -2.12. The van der Waals surface area contributed by atoms with Crippen LogP contribution >= 0.6 is 0 Å². The molecule has 0 bridgehead atoms. The highest BCUT2D eigenvalue weighted by molar-refractivity contribution is 5.92. The molecule has 3 fully saturated rings. The van der Waals surface area contributed by atoms with Crippen LogP contribution in [-0.4, -0.2) is 80.6 Å². The highest BCUT2D eigenvalue weighted by Crippen LogP contribution is 2.22. The topological polar surface area (TPSA) is 65.1 Å². The number of piperidine rings is 1. The minimum atomic E-state index is 0.0106. The molecule has 7 nitrogen and oxygen atoms in total. The third-order valence-corrected chi connectivity index (χ3v) is 6.75. The van der Waals surface area contributed by atoms with Gasteiger partial charge in [0.25, 0.3) is 0 Å². The lowest BCUT2D eigenvalue weighted by atomic mass is 9.95. The predicted octanol–water partition coefficient (Wildman–Crippen LogP) is 2.58. The van der Waals surface area contributed by atoms with Gasteiger partial charge in [-0.15, -0.1) is 0 Å². The number of ether oxygens (including phenoxy) is 1. The number of benzene rings is 1. The molecule has 1 aromatic carbocycles. The van der Waals surface area contributed by atoms with E-state index in [1.165, 1.54) is 12.8 Å². The number of anilines is 2. The third-order valence-electron chi connectivity index (χ3n) is 6.75.